The molecule has 2 aliphatic rings. The van der Waals surface area contributed by atoms with Gasteiger partial charge in [-0.1, -0.05) is 22.9 Å². The third kappa shape index (κ3) is 4.64. The van der Waals surface area contributed by atoms with Crippen LogP contribution in [-0.2, 0) is 19.1 Å². The van der Waals surface area contributed by atoms with E-state index in [2.05, 4.69) is 28.2 Å². The van der Waals surface area contributed by atoms with Crippen molar-refractivity contribution in [2.75, 3.05) is 16.8 Å². The van der Waals surface area contributed by atoms with Crippen LogP contribution in [0.4, 0.5) is 11.4 Å². The Kier molecular flexibility index (Phi) is 6.89. The minimum absolute atomic E-state index is 0.160. The Morgan fingerprint density at radius 2 is 1.68 bits per heavy atom. The maximum absolute atomic E-state index is 12.9. The SMILES string of the molecule is Cc1c(Br)ccc(NC(=O)COC(=O)c2ccc(N3C(=O)[C@@H]4CC[C@H](C)C[C@H]4C3=O)cc2)c1C. The molecule has 2 aromatic rings. The van der Waals surface area contributed by atoms with Crippen LogP contribution in [0.25, 0.3) is 0 Å². The monoisotopic (exact) mass is 526 g/mol. The largest absolute Gasteiger partial charge is 0.452 e. The Balaban J connectivity index is 1.36. The Morgan fingerprint density at radius 1 is 1.00 bits per heavy atom. The molecule has 0 aromatic heterocycles. The fourth-order valence-electron chi connectivity index (χ4n) is 4.71. The molecular weight excluding hydrogens is 500 g/mol. The molecule has 8 heteroatoms. The second-order valence-corrected chi connectivity index (χ2v) is 10.0. The Labute approximate surface area is 207 Å². The number of amides is 3. The first-order valence-corrected chi connectivity index (χ1v) is 12.2. The fraction of sp³-hybridized carbons (Fsp3) is 0.385. The number of carbonyl (C=O) groups is 4. The smallest absolute Gasteiger partial charge is 0.338 e. The number of rotatable bonds is 5. The summed E-state index contributed by atoms with van der Waals surface area (Å²) in [5.74, 6) is -1.49. The quantitative estimate of drug-likeness (QED) is 0.446. The number of carbonyl (C=O) groups excluding carboxylic acids is 4. The van der Waals surface area contributed by atoms with Crippen molar-refractivity contribution >= 4 is 51.0 Å². The number of hydrogen-bond donors (Lipinski definition) is 1. The average molecular weight is 527 g/mol. The van der Waals surface area contributed by atoms with Crippen molar-refractivity contribution < 1.29 is 23.9 Å². The highest BCUT2D eigenvalue weighted by molar-refractivity contribution is 9.10. The molecule has 34 heavy (non-hydrogen) atoms. The molecule has 3 amide bonds. The molecule has 1 N–H and O–H groups in total. The minimum atomic E-state index is -0.660. The number of benzene rings is 2. The van der Waals surface area contributed by atoms with Crippen LogP contribution in [0.5, 0.6) is 0 Å². The van der Waals surface area contributed by atoms with E-state index in [9.17, 15) is 19.2 Å². The predicted octanol–water partition coefficient (Wildman–Crippen LogP) is 4.79. The van der Waals surface area contributed by atoms with Crippen LogP contribution in [0.1, 0.15) is 47.7 Å². The zero-order chi connectivity index (χ0) is 24.6. The molecule has 0 bridgehead atoms. The predicted molar refractivity (Wildman–Crippen MR) is 131 cm³/mol. The Hall–Kier alpha value is -3.00. The lowest BCUT2D eigenvalue weighted by Crippen LogP contribution is -2.30. The number of esters is 1. The lowest BCUT2D eigenvalue weighted by molar-refractivity contribution is -0.122. The van der Waals surface area contributed by atoms with Crippen molar-refractivity contribution in [3.63, 3.8) is 0 Å². The summed E-state index contributed by atoms with van der Waals surface area (Å²) in [7, 11) is 0. The van der Waals surface area contributed by atoms with Crippen LogP contribution in [0, 0.1) is 31.6 Å². The summed E-state index contributed by atoms with van der Waals surface area (Å²) in [6, 6.07) is 9.77. The molecule has 1 saturated heterocycles. The second-order valence-electron chi connectivity index (χ2n) is 9.16. The van der Waals surface area contributed by atoms with Crippen LogP contribution in [0.15, 0.2) is 40.9 Å². The number of imide groups is 1. The highest BCUT2D eigenvalue weighted by Crippen LogP contribution is 2.42. The Morgan fingerprint density at radius 3 is 2.38 bits per heavy atom. The summed E-state index contributed by atoms with van der Waals surface area (Å²) in [6.07, 6.45) is 2.42. The van der Waals surface area contributed by atoms with Crippen LogP contribution in [0.2, 0.25) is 0 Å². The maximum atomic E-state index is 12.9. The number of nitrogens with one attached hydrogen (secondary N) is 1. The number of ether oxygens (including phenoxy) is 1. The summed E-state index contributed by atoms with van der Waals surface area (Å²) in [5.41, 5.74) is 3.27. The maximum Gasteiger partial charge on any atom is 0.338 e. The van der Waals surface area contributed by atoms with Gasteiger partial charge in [0.25, 0.3) is 5.91 Å². The zero-order valence-corrected chi connectivity index (χ0v) is 21.0. The lowest BCUT2D eigenvalue weighted by atomic mass is 9.76. The average Bonchev–Trinajstić information content (AvgIpc) is 3.07. The first-order valence-electron chi connectivity index (χ1n) is 11.4. The number of nitrogens with zero attached hydrogens (tertiary/aromatic N) is 1. The van der Waals surface area contributed by atoms with Gasteiger partial charge < -0.3 is 10.1 Å². The van der Waals surface area contributed by atoms with Crippen LogP contribution < -0.4 is 10.2 Å². The molecule has 1 aliphatic carbocycles. The molecule has 178 valence electrons. The van der Waals surface area contributed by atoms with E-state index in [1.165, 1.54) is 17.0 Å². The van der Waals surface area contributed by atoms with Crippen molar-refractivity contribution in [2.24, 2.45) is 17.8 Å². The molecule has 2 aromatic carbocycles. The van der Waals surface area contributed by atoms with E-state index >= 15 is 0 Å². The van der Waals surface area contributed by atoms with Crippen molar-refractivity contribution in [3.8, 4) is 0 Å². The van der Waals surface area contributed by atoms with E-state index in [1.54, 1.807) is 18.2 Å². The van der Waals surface area contributed by atoms with E-state index in [4.69, 9.17) is 4.74 Å². The second kappa shape index (κ2) is 9.70. The van der Waals surface area contributed by atoms with Gasteiger partial charge in [-0.15, -0.1) is 0 Å². The number of anilines is 2. The molecule has 0 radical (unpaired) electrons. The molecule has 3 atom stereocenters. The third-order valence-corrected chi connectivity index (χ3v) is 7.74. The zero-order valence-electron chi connectivity index (χ0n) is 19.4. The Bertz CT molecular complexity index is 1160. The molecule has 0 unspecified atom stereocenters. The van der Waals surface area contributed by atoms with Crippen LogP contribution in [-0.4, -0.2) is 30.3 Å². The van der Waals surface area contributed by atoms with Gasteiger partial charge in [0, 0.05) is 10.2 Å². The number of fused-ring (bicyclic) bond motifs is 1. The van der Waals surface area contributed by atoms with E-state index in [-0.39, 0.29) is 29.2 Å². The van der Waals surface area contributed by atoms with Gasteiger partial charge in [0.05, 0.1) is 23.1 Å². The van der Waals surface area contributed by atoms with Crippen molar-refractivity contribution in [2.45, 2.75) is 40.0 Å². The number of hydrogen-bond acceptors (Lipinski definition) is 5. The normalized spacial score (nSPS) is 21.9. The summed E-state index contributed by atoms with van der Waals surface area (Å²) >= 11 is 3.45. The van der Waals surface area contributed by atoms with Gasteiger partial charge in [0.2, 0.25) is 11.8 Å². The van der Waals surface area contributed by atoms with Gasteiger partial charge in [-0.05, 0) is 86.6 Å². The summed E-state index contributed by atoms with van der Waals surface area (Å²) in [6.45, 7) is 5.52. The highest BCUT2D eigenvalue weighted by atomic mass is 79.9. The summed E-state index contributed by atoms with van der Waals surface area (Å²) < 4.78 is 6.09. The van der Waals surface area contributed by atoms with E-state index in [1.807, 2.05) is 19.9 Å². The summed E-state index contributed by atoms with van der Waals surface area (Å²) in [4.78, 5) is 51.6. The van der Waals surface area contributed by atoms with Gasteiger partial charge >= 0.3 is 5.97 Å². The molecule has 1 saturated carbocycles. The minimum Gasteiger partial charge on any atom is -0.452 e. The topological polar surface area (TPSA) is 92.8 Å². The number of halogens is 1. The lowest BCUT2D eigenvalue weighted by Gasteiger charge is -2.25. The third-order valence-electron chi connectivity index (χ3n) is 6.88. The van der Waals surface area contributed by atoms with E-state index in [0.29, 0.717) is 17.3 Å². The van der Waals surface area contributed by atoms with E-state index in [0.717, 1.165) is 34.9 Å². The van der Waals surface area contributed by atoms with Gasteiger partial charge in [-0.25, -0.2) is 4.79 Å². The van der Waals surface area contributed by atoms with E-state index < -0.39 is 18.5 Å². The molecule has 1 aliphatic heterocycles. The molecule has 1 heterocycles. The first kappa shape index (κ1) is 24.1. The van der Waals surface area contributed by atoms with Gasteiger partial charge in [0.15, 0.2) is 6.61 Å². The molecular formula is C26H27BrN2O5. The van der Waals surface area contributed by atoms with Crippen LogP contribution in [0.3, 0.4) is 0 Å². The van der Waals surface area contributed by atoms with Crippen molar-refractivity contribution in [3.05, 3.63) is 57.6 Å². The van der Waals surface area contributed by atoms with Crippen molar-refractivity contribution in [1.82, 2.24) is 0 Å². The van der Waals surface area contributed by atoms with Gasteiger partial charge in [-0.2, -0.15) is 0 Å². The molecule has 0 spiro atoms. The van der Waals surface area contributed by atoms with Crippen LogP contribution >= 0.6 is 15.9 Å². The molecule has 7 nitrogen and oxygen atoms in total. The fourth-order valence-corrected chi connectivity index (χ4v) is 5.14. The molecule has 4 rings (SSSR count). The van der Waals surface area contributed by atoms with Gasteiger partial charge in [-0.3, -0.25) is 19.3 Å². The van der Waals surface area contributed by atoms with Crippen molar-refractivity contribution in [1.29, 1.82) is 0 Å². The highest BCUT2D eigenvalue weighted by Gasteiger charge is 2.49. The molecule has 2 fully saturated rings. The standard InChI is InChI=1S/C26H27BrN2O5/c1-14-4-9-19-20(12-14)25(32)29(24(19)31)18-7-5-17(6-8-18)26(33)34-13-23(30)28-22-11-10-21(27)15(2)16(22)3/h5-8,10-11,14,19-20H,4,9,12-13H2,1-3H3,(H,28,30)/t14-,19+,20+/m0/s1. The summed E-state index contributed by atoms with van der Waals surface area (Å²) in [5, 5.41) is 2.75. The van der Waals surface area contributed by atoms with Gasteiger partial charge in [0.1, 0.15) is 0 Å². The first-order chi connectivity index (χ1) is 16.2.